The molecule has 1 fully saturated rings. The van der Waals surface area contributed by atoms with E-state index in [2.05, 4.69) is 37.0 Å². The van der Waals surface area contributed by atoms with E-state index in [1.807, 2.05) is 33.8 Å². The van der Waals surface area contributed by atoms with Crippen LogP contribution in [0.15, 0.2) is 48.6 Å². The van der Waals surface area contributed by atoms with Gasteiger partial charge in [-0.1, -0.05) is 70.7 Å². The van der Waals surface area contributed by atoms with Crippen molar-refractivity contribution in [2.75, 3.05) is 0 Å². The van der Waals surface area contributed by atoms with Gasteiger partial charge in [-0.3, -0.25) is 0 Å². The molecule has 0 amide bonds. The summed E-state index contributed by atoms with van der Waals surface area (Å²) in [6.45, 7) is 11.7. The van der Waals surface area contributed by atoms with Gasteiger partial charge in [0.15, 0.2) is 0 Å². The summed E-state index contributed by atoms with van der Waals surface area (Å²) < 4.78 is 0. The van der Waals surface area contributed by atoms with Crippen LogP contribution in [0.2, 0.25) is 0 Å². The number of rotatable bonds is 1. The van der Waals surface area contributed by atoms with Gasteiger partial charge in [0, 0.05) is 5.41 Å². The first-order valence-corrected chi connectivity index (χ1v) is 6.06. The van der Waals surface area contributed by atoms with Gasteiger partial charge >= 0.3 is 0 Å². The first-order chi connectivity index (χ1) is 7.37. The predicted molar refractivity (Wildman–Crippen MR) is 70.9 cm³/mol. The van der Waals surface area contributed by atoms with Crippen molar-refractivity contribution in [1.29, 1.82) is 0 Å². The monoisotopic (exact) mass is 204 g/mol. The maximum absolute atomic E-state index is 3.71. The normalized spacial score (nSPS) is 21.2. The van der Waals surface area contributed by atoms with E-state index >= 15 is 0 Å². The molecular formula is C15H24. The SMILES string of the molecule is C=C/C=C1/C=CC=CC12CC2.CC.CC. The topological polar surface area (TPSA) is 0 Å². The van der Waals surface area contributed by atoms with Crippen molar-refractivity contribution in [3.8, 4) is 0 Å². The van der Waals surface area contributed by atoms with Crippen LogP contribution >= 0.6 is 0 Å². The molecule has 0 radical (unpaired) electrons. The summed E-state index contributed by atoms with van der Waals surface area (Å²) in [5.74, 6) is 0. The molecule has 2 aliphatic carbocycles. The Hall–Kier alpha value is -1.04. The fraction of sp³-hybridized carbons (Fsp3) is 0.467. The van der Waals surface area contributed by atoms with Gasteiger partial charge in [0.2, 0.25) is 0 Å². The lowest BCUT2D eigenvalue weighted by Gasteiger charge is -2.13. The third-order valence-corrected chi connectivity index (χ3v) is 2.46. The second-order valence-electron chi connectivity index (χ2n) is 3.23. The summed E-state index contributed by atoms with van der Waals surface area (Å²) >= 11 is 0. The van der Waals surface area contributed by atoms with Gasteiger partial charge in [0.1, 0.15) is 0 Å². The Morgan fingerprint density at radius 3 is 2.20 bits per heavy atom. The smallest absolute Gasteiger partial charge is 0.0136 e. The molecule has 0 heteroatoms. The lowest BCUT2D eigenvalue weighted by atomic mass is 9.91. The third-order valence-electron chi connectivity index (χ3n) is 2.46. The molecule has 0 N–H and O–H groups in total. The van der Waals surface area contributed by atoms with Crippen molar-refractivity contribution in [1.82, 2.24) is 0 Å². The fourth-order valence-electron chi connectivity index (χ4n) is 1.60. The molecule has 0 nitrogen and oxygen atoms in total. The standard InChI is InChI=1S/C11H12.2C2H6/c1-2-5-10-6-3-4-7-11(10)8-9-11;2*1-2/h2-7H,1,8-9H2;2*1-2H3/b10-5-;;. The fourth-order valence-corrected chi connectivity index (χ4v) is 1.60. The van der Waals surface area contributed by atoms with Gasteiger partial charge in [-0.2, -0.15) is 0 Å². The van der Waals surface area contributed by atoms with Crippen LogP contribution in [0.4, 0.5) is 0 Å². The minimum atomic E-state index is 0.420. The Labute approximate surface area is 95.1 Å². The zero-order valence-corrected chi connectivity index (χ0v) is 10.6. The molecule has 84 valence electrons. The van der Waals surface area contributed by atoms with Gasteiger partial charge in [0.25, 0.3) is 0 Å². The van der Waals surface area contributed by atoms with Crippen LogP contribution in [0.25, 0.3) is 0 Å². The Morgan fingerprint density at radius 1 is 1.13 bits per heavy atom. The summed E-state index contributed by atoms with van der Waals surface area (Å²) in [6.07, 6.45) is 15.4. The Bertz CT molecular complexity index is 260. The van der Waals surface area contributed by atoms with Crippen LogP contribution in [0.3, 0.4) is 0 Å². The molecule has 0 unspecified atom stereocenters. The molecule has 0 aromatic rings. The van der Waals surface area contributed by atoms with E-state index in [4.69, 9.17) is 0 Å². The minimum absolute atomic E-state index is 0.420. The zero-order valence-electron chi connectivity index (χ0n) is 10.6. The van der Waals surface area contributed by atoms with E-state index in [9.17, 15) is 0 Å². The number of hydrogen-bond donors (Lipinski definition) is 0. The van der Waals surface area contributed by atoms with E-state index in [1.165, 1.54) is 18.4 Å². The molecule has 0 aromatic carbocycles. The van der Waals surface area contributed by atoms with Crippen LogP contribution in [0.1, 0.15) is 40.5 Å². The van der Waals surface area contributed by atoms with Gasteiger partial charge in [0.05, 0.1) is 0 Å². The molecule has 1 saturated carbocycles. The number of hydrogen-bond acceptors (Lipinski definition) is 0. The Morgan fingerprint density at radius 2 is 1.73 bits per heavy atom. The first kappa shape index (κ1) is 14.0. The van der Waals surface area contributed by atoms with Gasteiger partial charge in [-0.15, -0.1) is 0 Å². The van der Waals surface area contributed by atoms with Crippen LogP contribution in [0, 0.1) is 5.41 Å². The van der Waals surface area contributed by atoms with Gasteiger partial charge < -0.3 is 0 Å². The molecule has 0 aliphatic heterocycles. The maximum Gasteiger partial charge on any atom is 0.0136 e. The van der Waals surface area contributed by atoms with Crippen molar-refractivity contribution in [3.63, 3.8) is 0 Å². The minimum Gasteiger partial charge on any atom is -0.0991 e. The van der Waals surface area contributed by atoms with Crippen LogP contribution in [0.5, 0.6) is 0 Å². The largest absolute Gasteiger partial charge is 0.0991 e. The Balaban J connectivity index is 0.000000442. The first-order valence-electron chi connectivity index (χ1n) is 6.06. The Kier molecular flexibility index (Phi) is 6.77. The van der Waals surface area contributed by atoms with Crippen molar-refractivity contribution in [2.45, 2.75) is 40.5 Å². The second kappa shape index (κ2) is 7.28. The van der Waals surface area contributed by atoms with Crippen molar-refractivity contribution >= 4 is 0 Å². The van der Waals surface area contributed by atoms with Gasteiger partial charge in [-0.05, 0) is 18.4 Å². The molecule has 2 aliphatic rings. The highest BCUT2D eigenvalue weighted by Gasteiger charge is 2.42. The molecule has 15 heavy (non-hydrogen) atoms. The molecular weight excluding hydrogens is 180 g/mol. The highest BCUT2D eigenvalue weighted by molar-refractivity contribution is 5.44. The molecule has 0 heterocycles. The van der Waals surface area contributed by atoms with Crippen molar-refractivity contribution in [3.05, 3.63) is 48.6 Å². The van der Waals surface area contributed by atoms with Crippen LogP contribution in [-0.4, -0.2) is 0 Å². The van der Waals surface area contributed by atoms with Crippen LogP contribution < -0.4 is 0 Å². The summed E-state index contributed by atoms with van der Waals surface area (Å²) in [6, 6.07) is 0. The molecule has 0 saturated heterocycles. The highest BCUT2D eigenvalue weighted by Crippen LogP contribution is 2.54. The van der Waals surface area contributed by atoms with E-state index in [1.54, 1.807) is 0 Å². The number of allylic oxidation sites excluding steroid dienone is 7. The van der Waals surface area contributed by atoms with Crippen LogP contribution in [-0.2, 0) is 0 Å². The second-order valence-corrected chi connectivity index (χ2v) is 3.23. The molecule has 2 rings (SSSR count). The van der Waals surface area contributed by atoms with E-state index < -0.39 is 0 Å². The van der Waals surface area contributed by atoms with Gasteiger partial charge in [-0.25, -0.2) is 0 Å². The van der Waals surface area contributed by atoms with E-state index in [0.717, 1.165) is 0 Å². The highest BCUT2D eigenvalue weighted by atomic mass is 14.5. The summed E-state index contributed by atoms with van der Waals surface area (Å²) in [5, 5.41) is 0. The molecule has 0 bridgehead atoms. The van der Waals surface area contributed by atoms with E-state index in [-0.39, 0.29) is 0 Å². The average Bonchev–Trinajstić information content (AvgIpc) is 3.09. The summed E-state index contributed by atoms with van der Waals surface area (Å²) in [7, 11) is 0. The molecule has 0 atom stereocenters. The lowest BCUT2D eigenvalue weighted by Crippen LogP contribution is -2.00. The van der Waals surface area contributed by atoms with E-state index in [0.29, 0.717) is 5.41 Å². The quantitative estimate of drug-likeness (QED) is 0.560. The third kappa shape index (κ3) is 3.54. The summed E-state index contributed by atoms with van der Waals surface area (Å²) in [5.41, 5.74) is 1.85. The molecule has 0 aromatic heterocycles. The average molecular weight is 204 g/mol. The summed E-state index contributed by atoms with van der Waals surface area (Å²) in [4.78, 5) is 0. The lowest BCUT2D eigenvalue weighted by molar-refractivity contribution is 0.803. The maximum atomic E-state index is 3.71. The van der Waals surface area contributed by atoms with Crippen molar-refractivity contribution < 1.29 is 0 Å². The molecule has 1 spiro atoms. The predicted octanol–water partition coefficient (Wildman–Crippen LogP) is 5.06. The van der Waals surface area contributed by atoms with Crippen molar-refractivity contribution in [2.24, 2.45) is 5.41 Å². The zero-order chi connectivity index (χ0) is 11.7.